The van der Waals surface area contributed by atoms with Gasteiger partial charge in [0.15, 0.2) is 6.61 Å². The zero-order valence-corrected chi connectivity index (χ0v) is 19.4. The average Bonchev–Trinajstić information content (AvgIpc) is 2.71. The topological polar surface area (TPSA) is 58.6 Å². The zero-order chi connectivity index (χ0) is 22.3. The number of rotatable bonds is 9. The molecule has 0 saturated carbocycles. The zero-order valence-electron chi connectivity index (χ0n) is 17.8. The van der Waals surface area contributed by atoms with E-state index in [0.29, 0.717) is 18.7 Å². The fourth-order valence-corrected chi connectivity index (χ4v) is 3.44. The van der Waals surface area contributed by atoms with Gasteiger partial charge in [-0.1, -0.05) is 35.0 Å². The minimum absolute atomic E-state index is 0.191. The van der Waals surface area contributed by atoms with Crippen LogP contribution in [0.2, 0.25) is 0 Å². The number of amides is 2. The van der Waals surface area contributed by atoms with Crippen molar-refractivity contribution in [2.45, 2.75) is 46.7 Å². The highest BCUT2D eigenvalue weighted by Gasteiger charge is 2.28. The van der Waals surface area contributed by atoms with Crippen molar-refractivity contribution >= 4 is 27.7 Å². The van der Waals surface area contributed by atoms with Gasteiger partial charge in [0.25, 0.3) is 5.91 Å². The van der Waals surface area contributed by atoms with Crippen LogP contribution in [0, 0.1) is 19.7 Å². The highest BCUT2D eigenvalue weighted by Crippen LogP contribution is 2.26. The molecule has 30 heavy (non-hydrogen) atoms. The lowest BCUT2D eigenvalue weighted by molar-refractivity contribution is -0.142. The maximum Gasteiger partial charge on any atom is 0.261 e. The van der Waals surface area contributed by atoms with Crippen molar-refractivity contribution in [3.63, 3.8) is 0 Å². The lowest BCUT2D eigenvalue weighted by Crippen LogP contribution is -2.50. The number of benzene rings is 2. The Kier molecular flexibility index (Phi) is 8.84. The Hall–Kier alpha value is -2.41. The summed E-state index contributed by atoms with van der Waals surface area (Å²) in [5.41, 5.74) is 2.76. The largest absolute Gasteiger partial charge is 0.484 e. The van der Waals surface area contributed by atoms with E-state index in [9.17, 15) is 14.0 Å². The van der Waals surface area contributed by atoms with Gasteiger partial charge in [-0.25, -0.2) is 4.39 Å². The van der Waals surface area contributed by atoms with Crippen LogP contribution in [0.3, 0.4) is 0 Å². The van der Waals surface area contributed by atoms with Crippen LogP contribution in [-0.4, -0.2) is 35.9 Å². The van der Waals surface area contributed by atoms with Gasteiger partial charge in [-0.3, -0.25) is 9.59 Å². The molecule has 1 atom stereocenters. The molecule has 2 aromatic carbocycles. The summed E-state index contributed by atoms with van der Waals surface area (Å²) >= 11 is 3.52. The highest BCUT2D eigenvalue weighted by atomic mass is 79.9. The van der Waals surface area contributed by atoms with Crippen molar-refractivity contribution in [2.24, 2.45) is 0 Å². The molecule has 0 fully saturated rings. The number of ether oxygens (including phenoxy) is 1. The summed E-state index contributed by atoms with van der Waals surface area (Å²) < 4.78 is 20.0. The first-order valence-corrected chi connectivity index (χ1v) is 10.8. The molecule has 162 valence electrons. The number of carbonyl (C=O) groups is 2. The summed E-state index contributed by atoms with van der Waals surface area (Å²) in [5, 5.41) is 2.78. The monoisotopic (exact) mass is 478 g/mol. The van der Waals surface area contributed by atoms with E-state index in [1.165, 1.54) is 17.0 Å². The third-order valence-corrected chi connectivity index (χ3v) is 6.03. The standard InChI is InChI=1S/C23H28BrFN2O3/c1-5-20(23(29)26-6-2)27(13-17-7-9-18(25)10-8-17)21(28)14-30-19-11-15(3)22(24)16(4)12-19/h7-12,20H,5-6,13-14H2,1-4H3,(H,26,29)/t20-/m0/s1. The molecule has 0 saturated heterocycles. The maximum absolute atomic E-state index is 13.3. The van der Waals surface area contributed by atoms with Gasteiger partial charge in [0, 0.05) is 17.6 Å². The molecule has 0 aliphatic carbocycles. The van der Waals surface area contributed by atoms with Gasteiger partial charge < -0.3 is 15.0 Å². The Morgan fingerprint density at radius 3 is 2.27 bits per heavy atom. The SMILES string of the molecule is CCNC(=O)[C@H](CC)N(Cc1ccc(F)cc1)C(=O)COc1cc(C)c(Br)c(C)c1. The summed E-state index contributed by atoms with van der Waals surface area (Å²) in [6.45, 7) is 8.06. The predicted molar refractivity (Wildman–Crippen MR) is 119 cm³/mol. The van der Waals surface area contributed by atoms with Crippen molar-refractivity contribution in [2.75, 3.05) is 13.2 Å². The molecule has 0 bridgehead atoms. The van der Waals surface area contributed by atoms with Crippen molar-refractivity contribution < 1.29 is 18.7 Å². The van der Waals surface area contributed by atoms with Gasteiger partial charge in [-0.05, 0) is 68.1 Å². The Morgan fingerprint density at radius 1 is 1.13 bits per heavy atom. The third-order valence-electron chi connectivity index (χ3n) is 4.78. The fourth-order valence-electron chi connectivity index (χ4n) is 3.22. The molecular formula is C23H28BrFN2O3. The van der Waals surface area contributed by atoms with E-state index in [-0.39, 0.29) is 30.8 Å². The van der Waals surface area contributed by atoms with E-state index in [1.807, 2.05) is 39.8 Å². The second-order valence-corrected chi connectivity index (χ2v) is 7.92. The van der Waals surface area contributed by atoms with E-state index >= 15 is 0 Å². The van der Waals surface area contributed by atoms with E-state index in [0.717, 1.165) is 21.2 Å². The second kappa shape index (κ2) is 11.1. The van der Waals surface area contributed by atoms with Gasteiger partial charge in [0.2, 0.25) is 5.91 Å². The molecule has 2 aromatic rings. The van der Waals surface area contributed by atoms with E-state index in [4.69, 9.17) is 4.74 Å². The van der Waals surface area contributed by atoms with Crippen LogP contribution in [0.15, 0.2) is 40.9 Å². The van der Waals surface area contributed by atoms with Crippen LogP contribution in [0.4, 0.5) is 4.39 Å². The average molecular weight is 479 g/mol. The molecule has 0 heterocycles. The summed E-state index contributed by atoms with van der Waals surface area (Å²) in [5.74, 6) is -0.285. The van der Waals surface area contributed by atoms with E-state index in [1.54, 1.807) is 12.1 Å². The van der Waals surface area contributed by atoms with Crippen molar-refractivity contribution in [3.8, 4) is 5.75 Å². The third kappa shape index (κ3) is 6.29. The van der Waals surface area contributed by atoms with Gasteiger partial charge in [-0.15, -0.1) is 0 Å². The van der Waals surface area contributed by atoms with Gasteiger partial charge in [-0.2, -0.15) is 0 Å². The normalized spacial score (nSPS) is 11.7. The molecule has 5 nitrogen and oxygen atoms in total. The van der Waals surface area contributed by atoms with Crippen LogP contribution >= 0.6 is 15.9 Å². The Morgan fingerprint density at radius 2 is 1.73 bits per heavy atom. The summed E-state index contributed by atoms with van der Waals surface area (Å²) in [6, 6.07) is 8.99. The highest BCUT2D eigenvalue weighted by molar-refractivity contribution is 9.10. The number of carbonyl (C=O) groups excluding carboxylic acids is 2. The summed E-state index contributed by atoms with van der Waals surface area (Å²) in [4.78, 5) is 27.1. The van der Waals surface area contributed by atoms with Crippen LogP contribution in [0.5, 0.6) is 5.75 Å². The number of hydrogen-bond donors (Lipinski definition) is 1. The molecule has 0 unspecified atom stereocenters. The van der Waals surface area contributed by atoms with Crippen LogP contribution in [-0.2, 0) is 16.1 Å². The van der Waals surface area contributed by atoms with E-state index in [2.05, 4.69) is 21.2 Å². The minimum Gasteiger partial charge on any atom is -0.484 e. The molecule has 2 rings (SSSR count). The smallest absolute Gasteiger partial charge is 0.261 e. The van der Waals surface area contributed by atoms with Crippen molar-refractivity contribution in [3.05, 3.63) is 63.4 Å². The molecule has 0 aliphatic heterocycles. The molecular weight excluding hydrogens is 451 g/mol. The molecule has 0 spiro atoms. The number of likely N-dealkylation sites (N-methyl/N-ethyl adjacent to an activating group) is 1. The predicted octanol–water partition coefficient (Wildman–Crippen LogP) is 4.53. The molecule has 7 heteroatoms. The first-order valence-electron chi connectivity index (χ1n) is 9.97. The lowest BCUT2D eigenvalue weighted by Gasteiger charge is -2.30. The van der Waals surface area contributed by atoms with Crippen molar-refractivity contribution in [1.29, 1.82) is 0 Å². The second-order valence-electron chi connectivity index (χ2n) is 7.13. The Balaban J connectivity index is 2.22. The number of nitrogens with zero attached hydrogens (tertiary/aromatic N) is 1. The van der Waals surface area contributed by atoms with Gasteiger partial charge in [0.1, 0.15) is 17.6 Å². The summed E-state index contributed by atoms with van der Waals surface area (Å²) in [7, 11) is 0. The van der Waals surface area contributed by atoms with Crippen LogP contribution in [0.25, 0.3) is 0 Å². The van der Waals surface area contributed by atoms with Gasteiger partial charge in [0.05, 0.1) is 0 Å². The van der Waals surface area contributed by atoms with Gasteiger partial charge >= 0.3 is 0 Å². The molecule has 0 aliphatic rings. The van der Waals surface area contributed by atoms with E-state index < -0.39 is 6.04 Å². The van der Waals surface area contributed by atoms with Crippen LogP contribution in [0.1, 0.15) is 37.0 Å². The molecule has 2 amide bonds. The number of hydrogen-bond acceptors (Lipinski definition) is 3. The Bertz CT molecular complexity index is 864. The lowest BCUT2D eigenvalue weighted by atomic mass is 10.1. The first kappa shape index (κ1) is 23.9. The van der Waals surface area contributed by atoms with Crippen molar-refractivity contribution in [1.82, 2.24) is 10.2 Å². The Labute approximate surface area is 185 Å². The minimum atomic E-state index is -0.639. The first-order chi connectivity index (χ1) is 14.3. The number of aryl methyl sites for hydroxylation is 2. The molecule has 1 N–H and O–H groups in total. The van der Waals surface area contributed by atoms with Crippen LogP contribution < -0.4 is 10.1 Å². The number of nitrogens with one attached hydrogen (secondary N) is 1. The maximum atomic E-state index is 13.3. The summed E-state index contributed by atoms with van der Waals surface area (Å²) in [6.07, 6.45) is 0.454. The quantitative estimate of drug-likeness (QED) is 0.575. The number of halogens is 2. The fraction of sp³-hybridized carbons (Fsp3) is 0.391. The molecule has 0 radical (unpaired) electrons. The molecule has 0 aromatic heterocycles.